The third-order valence-electron chi connectivity index (χ3n) is 3.63. The first-order valence-electron chi connectivity index (χ1n) is 6.95. The van der Waals surface area contributed by atoms with Crippen molar-refractivity contribution in [3.8, 4) is 6.07 Å². The molecule has 0 unspecified atom stereocenters. The minimum atomic E-state index is -0.592. The Bertz CT molecular complexity index is 305. The molecule has 0 spiro atoms. The molecule has 0 aromatic heterocycles. The van der Waals surface area contributed by atoms with Crippen LogP contribution in [0.15, 0.2) is 0 Å². The highest BCUT2D eigenvalue weighted by molar-refractivity contribution is 7.99. The first kappa shape index (κ1) is 15.4. The maximum absolute atomic E-state index is 12.0. The van der Waals surface area contributed by atoms with Crippen LogP contribution in [0.2, 0.25) is 0 Å². The SMILES string of the molecule is CCCC[C@@H](CC)CC(=O)N[C@@]1(C#N)CCSC1. The van der Waals surface area contributed by atoms with Crippen LogP contribution in [-0.2, 0) is 4.79 Å². The van der Waals surface area contributed by atoms with Crippen molar-refractivity contribution in [2.75, 3.05) is 11.5 Å². The van der Waals surface area contributed by atoms with Gasteiger partial charge >= 0.3 is 0 Å². The third kappa shape index (κ3) is 4.53. The molecule has 1 amide bonds. The number of amides is 1. The molecular weight excluding hydrogens is 244 g/mol. The Morgan fingerprint density at radius 3 is 2.83 bits per heavy atom. The lowest BCUT2D eigenvalue weighted by molar-refractivity contribution is -0.123. The van der Waals surface area contributed by atoms with Gasteiger partial charge in [-0.2, -0.15) is 17.0 Å². The fourth-order valence-electron chi connectivity index (χ4n) is 2.30. The minimum Gasteiger partial charge on any atom is -0.337 e. The summed E-state index contributed by atoms with van der Waals surface area (Å²) in [7, 11) is 0. The molecule has 1 saturated heterocycles. The van der Waals surface area contributed by atoms with E-state index in [4.69, 9.17) is 0 Å². The lowest BCUT2D eigenvalue weighted by Gasteiger charge is -2.23. The number of hydrogen-bond acceptors (Lipinski definition) is 3. The molecule has 18 heavy (non-hydrogen) atoms. The van der Waals surface area contributed by atoms with Gasteiger partial charge in [-0.15, -0.1) is 0 Å². The van der Waals surface area contributed by atoms with Crippen molar-refractivity contribution in [1.82, 2.24) is 5.32 Å². The average molecular weight is 268 g/mol. The molecule has 102 valence electrons. The second kappa shape index (κ2) is 7.68. The summed E-state index contributed by atoms with van der Waals surface area (Å²) < 4.78 is 0. The number of unbranched alkanes of at least 4 members (excludes halogenated alkanes) is 1. The van der Waals surface area contributed by atoms with Gasteiger partial charge < -0.3 is 5.32 Å². The van der Waals surface area contributed by atoms with Gasteiger partial charge in [0.15, 0.2) is 0 Å². The van der Waals surface area contributed by atoms with E-state index in [-0.39, 0.29) is 5.91 Å². The first-order valence-corrected chi connectivity index (χ1v) is 8.11. The van der Waals surface area contributed by atoms with E-state index in [0.29, 0.717) is 12.3 Å². The second-order valence-electron chi connectivity index (χ2n) is 5.17. The van der Waals surface area contributed by atoms with Gasteiger partial charge in [0.25, 0.3) is 0 Å². The predicted octanol–water partition coefficient (Wildman–Crippen LogP) is 3.11. The van der Waals surface area contributed by atoms with Gasteiger partial charge in [0, 0.05) is 12.2 Å². The standard InChI is InChI=1S/C14H24N2OS/c1-3-5-6-12(4-2)9-13(17)16-14(10-15)7-8-18-11-14/h12H,3-9,11H2,1-2H3,(H,16,17)/t12-,14-/m1/s1. The van der Waals surface area contributed by atoms with E-state index in [1.807, 2.05) is 0 Å². The smallest absolute Gasteiger partial charge is 0.221 e. The quantitative estimate of drug-likeness (QED) is 0.772. The van der Waals surface area contributed by atoms with Crippen LogP contribution in [-0.4, -0.2) is 23.0 Å². The molecule has 3 nitrogen and oxygen atoms in total. The molecule has 0 aromatic rings. The van der Waals surface area contributed by atoms with Crippen molar-refractivity contribution in [3.05, 3.63) is 0 Å². The molecule has 1 heterocycles. The Balaban J connectivity index is 2.42. The Morgan fingerprint density at radius 1 is 1.56 bits per heavy atom. The molecule has 0 saturated carbocycles. The highest BCUT2D eigenvalue weighted by Crippen LogP contribution is 2.28. The summed E-state index contributed by atoms with van der Waals surface area (Å²) in [5.41, 5.74) is -0.592. The van der Waals surface area contributed by atoms with Gasteiger partial charge in [0.05, 0.1) is 6.07 Å². The van der Waals surface area contributed by atoms with Crippen LogP contribution in [0.25, 0.3) is 0 Å². The molecule has 1 N–H and O–H groups in total. The zero-order chi connectivity index (χ0) is 13.4. The zero-order valence-electron chi connectivity index (χ0n) is 11.5. The average Bonchev–Trinajstić information content (AvgIpc) is 2.83. The lowest BCUT2D eigenvalue weighted by Crippen LogP contribution is -2.47. The van der Waals surface area contributed by atoms with Crippen LogP contribution in [0.1, 0.15) is 52.4 Å². The molecule has 2 atom stereocenters. The normalized spacial score (nSPS) is 24.5. The number of rotatable bonds is 7. The number of nitrogens with one attached hydrogen (secondary N) is 1. The maximum Gasteiger partial charge on any atom is 0.221 e. The fraction of sp³-hybridized carbons (Fsp3) is 0.857. The number of thioether (sulfide) groups is 1. The van der Waals surface area contributed by atoms with Crippen molar-refractivity contribution < 1.29 is 4.79 Å². The molecule has 0 aromatic carbocycles. The Kier molecular flexibility index (Phi) is 6.56. The van der Waals surface area contributed by atoms with E-state index in [2.05, 4.69) is 25.2 Å². The monoisotopic (exact) mass is 268 g/mol. The Labute approximate surface area is 115 Å². The molecule has 0 radical (unpaired) electrons. The summed E-state index contributed by atoms with van der Waals surface area (Å²) in [6, 6.07) is 2.29. The van der Waals surface area contributed by atoms with Gasteiger partial charge in [0.2, 0.25) is 5.91 Å². The summed E-state index contributed by atoms with van der Waals surface area (Å²) >= 11 is 1.75. The zero-order valence-corrected chi connectivity index (χ0v) is 12.3. The van der Waals surface area contributed by atoms with Crippen molar-refractivity contribution in [3.63, 3.8) is 0 Å². The third-order valence-corrected chi connectivity index (χ3v) is 4.82. The van der Waals surface area contributed by atoms with Crippen molar-refractivity contribution in [1.29, 1.82) is 5.26 Å². The second-order valence-corrected chi connectivity index (χ2v) is 6.27. The van der Waals surface area contributed by atoms with E-state index >= 15 is 0 Å². The van der Waals surface area contributed by atoms with Gasteiger partial charge in [-0.3, -0.25) is 4.79 Å². The summed E-state index contributed by atoms with van der Waals surface area (Å²) in [6.45, 7) is 4.31. The van der Waals surface area contributed by atoms with Crippen LogP contribution in [0.4, 0.5) is 0 Å². The molecule has 0 bridgehead atoms. The van der Waals surface area contributed by atoms with Gasteiger partial charge in [-0.1, -0.05) is 33.1 Å². The summed E-state index contributed by atoms with van der Waals surface area (Å²) in [5.74, 6) is 2.23. The molecular formula is C14H24N2OS. The number of nitrogens with zero attached hydrogens (tertiary/aromatic N) is 1. The number of carbonyl (C=O) groups excluding carboxylic acids is 1. The maximum atomic E-state index is 12.0. The predicted molar refractivity (Wildman–Crippen MR) is 76.4 cm³/mol. The van der Waals surface area contributed by atoms with E-state index in [1.54, 1.807) is 11.8 Å². The number of carbonyl (C=O) groups is 1. The van der Waals surface area contributed by atoms with Gasteiger partial charge in [0.1, 0.15) is 5.54 Å². The Morgan fingerprint density at radius 2 is 2.33 bits per heavy atom. The number of nitriles is 1. The summed E-state index contributed by atoms with van der Waals surface area (Å²) in [4.78, 5) is 12.0. The van der Waals surface area contributed by atoms with Crippen LogP contribution >= 0.6 is 11.8 Å². The summed E-state index contributed by atoms with van der Waals surface area (Å²) in [6.07, 6.45) is 5.88. The largest absolute Gasteiger partial charge is 0.337 e. The van der Waals surface area contributed by atoms with E-state index in [1.165, 1.54) is 12.8 Å². The van der Waals surface area contributed by atoms with Crippen LogP contribution in [0.3, 0.4) is 0 Å². The van der Waals surface area contributed by atoms with Crippen molar-refractivity contribution in [2.24, 2.45) is 5.92 Å². The molecule has 1 aliphatic heterocycles. The summed E-state index contributed by atoms with van der Waals surface area (Å²) in [5, 5.41) is 12.2. The molecule has 1 fully saturated rings. The highest BCUT2D eigenvalue weighted by atomic mass is 32.2. The van der Waals surface area contributed by atoms with Crippen LogP contribution in [0.5, 0.6) is 0 Å². The van der Waals surface area contributed by atoms with Crippen LogP contribution < -0.4 is 5.32 Å². The van der Waals surface area contributed by atoms with Crippen molar-refractivity contribution >= 4 is 17.7 Å². The topological polar surface area (TPSA) is 52.9 Å². The number of hydrogen-bond donors (Lipinski definition) is 1. The fourth-order valence-corrected chi connectivity index (χ4v) is 3.57. The van der Waals surface area contributed by atoms with Crippen molar-refractivity contribution in [2.45, 2.75) is 57.9 Å². The van der Waals surface area contributed by atoms with E-state index in [0.717, 1.165) is 30.8 Å². The van der Waals surface area contributed by atoms with Gasteiger partial charge in [-0.25, -0.2) is 0 Å². The highest BCUT2D eigenvalue weighted by Gasteiger charge is 2.36. The van der Waals surface area contributed by atoms with Gasteiger partial charge in [-0.05, 0) is 24.5 Å². The first-order chi connectivity index (χ1) is 8.65. The van der Waals surface area contributed by atoms with Crippen LogP contribution in [0, 0.1) is 17.2 Å². The molecule has 1 rings (SSSR count). The molecule has 0 aliphatic carbocycles. The Hall–Kier alpha value is -0.690. The molecule has 4 heteroatoms. The lowest BCUT2D eigenvalue weighted by atomic mass is 9.94. The minimum absolute atomic E-state index is 0.0574. The van der Waals surface area contributed by atoms with E-state index in [9.17, 15) is 10.1 Å². The van der Waals surface area contributed by atoms with E-state index < -0.39 is 5.54 Å². The molecule has 1 aliphatic rings.